The van der Waals surface area contributed by atoms with Crippen LogP contribution in [0.2, 0.25) is 5.02 Å². The molecule has 0 aliphatic carbocycles. The van der Waals surface area contributed by atoms with Crippen LogP contribution in [-0.2, 0) is 6.54 Å². The molecule has 1 heterocycles. The number of rotatable bonds is 3. The molecule has 3 aromatic rings. The summed E-state index contributed by atoms with van der Waals surface area (Å²) in [7, 11) is 0. The molecule has 3 nitrogen and oxygen atoms in total. The minimum absolute atomic E-state index is 0.288. The van der Waals surface area contributed by atoms with Crippen molar-refractivity contribution < 1.29 is 4.39 Å². The Morgan fingerprint density at radius 1 is 1.25 bits per heavy atom. The van der Waals surface area contributed by atoms with Crippen LogP contribution in [-0.4, -0.2) is 8.75 Å². The van der Waals surface area contributed by atoms with E-state index in [9.17, 15) is 4.39 Å². The van der Waals surface area contributed by atoms with Gasteiger partial charge >= 0.3 is 0 Å². The Balaban J connectivity index is 1.92. The van der Waals surface area contributed by atoms with Gasteiger partial charge in [-0.3, -0.25) is 0 Å². The number of anilines is 1. The lowest BCUT2D eigenvalue weighted by Gasteiger charge is -2.10. The molecular weight excluding hydrogens is 365 g/mol. The zero-order chi connectivity index (χ0) is 14.1. The van der Waals surface area contributed by atoms with Gasteiger partial charge in [-0.25, -0.2) is 4.39 Å². The van der Waals surface area contributed by atoms with Crippen LogP contribution in [0.5, 0.6) is 0 Å². The molecule has 0 atom stereocenters. The summed E-state index contributed by atoms with van der Waals surface area (Å²) < 4.78 is 22.3. The average Bonchev–Trinajstić information content (AvgIpc) is 2.90. The highest BCUT2D eigenvalue weighted by Crippen LogP contribution is 2.31. The number of aromatic nitrogens is 2. The third-order valence-corrected chi connectivity index (χ3v) is 4.61. The van der Waals surface area contributed by atoms with Crippen molar-refractivity contribution in [2.75, 3.05) is 5.32 Å². The van der Waals surface area contributed by atoms with Gasteiger partial charge in [0.1, 0.15) is 16.9 Å². The maximum absolute atomic E-state index is 13.5. The van der Waals surface area contributed by atoms with Crippen LogP contribution in [0.4, 0.5) is 10.1 Å². The topological polar surface area (TPSA) is 37.8 Å². The van der Waals surface area contributed by atoms with E-state index in [0.29, 0.717) is 21.7 Å². The Morgan fingerprint density at radius 3 is 2.95 bits per heavy atom. The average molecular weight is 373 g/mol. The van der Waals surface area contributed by atoms with Crippen molar-refractivity contribution in [3.05, 3.63) is 51.2 Å². The molecule has 0 aliphatic heterocycles. The fraction of sp³-hybridized carbons (Fsp3) is 0.0769. The molecule has 0 unspecified atom stereocenters. The molecule has 3 rings (SSSR count). The summed E-state index contributed by atoms with van der Waals surface area (Å²) >= 11 is 10.6. The molecule has 0 fully saturated rings. The van der Waals surface area contributed by atoms with Gasteiger partial charge in [-0.15, -0.1) is 0 Å². The molecule has 7 heteroatoms. The van der Waals surface area contributed by atoms with E-state index < -0.39 is 0 Å². The SMILES string of the molecule is Fc1cccc(CNc2c(Cl)ccc3nsnc23)c1Br. The van der Waals surface area contributed by atoms with Gasteiger partial charge in [0.15, 0.2) is 0 Å². The number of fused-ring (bicyclic) bond motifs is 1. The van der Waals surface area contributed by atoms with Crippen LogP contribution >= 0.6 is 39.3 Å². The third-order valence-electron chi connectivity index (χ3n) is 2.86. The molecule has 0 bridgehead atoms. The predicted molar refractivity (Wildman–Crippen MR) is 83.9 cm³/mol. The van der Waals surface area contributed by atoms with Crippen molar-refractivity contribution >= 4 is 56.0 Å². The van der Waals surface area contributed by atoms with Gasteiger partial charge in [-0.1, -0.05) is 23.7 Å². The second-order valence-corrected chi connectivity index (χ2v) is 5.85. The molecule has 1 aromatic heterocycles. The lowest BCUT2D eigenvalue weighted by atomic mass is 10.2. The van der Waals surface area contributed by atoms with Crippen molar-refractivity contribution in [1.82, 2.24) is 8.75 Å². The van der Waals surface area contributed by atoms with Crippen LogP contribution < -0.4 is 5.32 Å². The molecule has 20 heavy (non-hydrogen) atoms. The van der Waals surface area contributed by atoms with Gasteiger partial charge in [0, 0.05) is 6.54 Å². The number of nitrogens with one attached hydrogen (secondary N) is 1. The first kappa shape index (κ1) is 13.7. The second kappa shape index (κ2) is 5.63. The number of hydrogen-bond acceptors (Lipinski definition) is 4. The Hall–Kier alpha value is -1.24. The van der Waals surface area contributed by atoms with E-state index in [2.05, 4.69) is 30.0 Å². The van der Waals surface area contributed by atoms with Crippen molar-refractivity contribution in [2.45, 2.75) is 6.54 Å². The smallest absolute Gasteiger partial charge is 0.137 e. The van der Waals surface area contributed by atoms with Gasteiger partial charge in [0.25, 0.3) is 0 Å². The van der Waals surface area contributed by atoms with Crippen LogP contribution in [0, 0.1) is 5.82 Å². The standard InChI is InChI=1S/C13H8BrClFN3S/c14-11-7(2-1-3-9(11)16)6-17-12-8(15)4-5-10-13(12)19-20-18-10/h1-5,17H,6H2. The van der Waals surface area contributed by atoms with E-state index in [-0.39, 0.29) is 5.82 Å². The summed E-state index contributed by atoms with van der Waals surface area (Å²) in [5, 5.41) is 3.77. The van der Waals surface area contributed by atoms with Gasteiger partial charge in [-0.05, 0) is 39.7 Å². The van der Waals surface area contributed by atoms with E-state index in [1.165, 1.54) is 6.07 Å². The molecule has 2 aromatic carbocycles. The van der Waals surface area contributed by atoms with Crippen molar-refractivity contribution in [2.24, 2.45) is 0 Å². The summed E-state index contributed by atoms with van der Waals surface area (Å²) in [5.41, 5.74) is 3.05. The third kappa shape index (κ3) is 2.51. The van der Waals surface area contributed by atoms with Crippen LogP contribution in [0.1, 0.15) is 5.56 Å². The summed E-state index contributed by atoms with van der Waals surface area (Å²) in [6.07, 6.45) is 0. The number of hydrogen-bond donors (Lipinski definition) is 1. The summed E-state index contributed by atoms with van der Waals surface area (Å²) in [4.78, 5) is 0. The zero-order valence-electron chi connectivity index (χ0n) is 10.0. The first-order chi connectivity index (χ1) is 9.66. The van der Waals surface area contributed by atoms with Gasteiger partial charge < -0.3 is 5.32 Å². The normalized spacial score (nSPS) is 10.9. The number of nitrogens with zero attached hydrogens (tertiary/aromatic N) is 2. The quantitative estimate of drug-likeness (QED) is 0.713. The molecule has 0 amide bonds. The molecular formula is C13H8BrClFN3S. The molecule has 1 N–H and O–H groups in total. The maximum Gasteiger partial charge on any atom is 0.137 e. The molecule has 0 radical (unpaired) electrons. The van der Waals surface area contributed by atoms with Gasteiger partial charge in [0.2, 0.25) is 0 Å². The minimum atomic E-state index is -0.288. The fourth-order valence-corrected chi connectivity index (χ4v) is 3.03. The number of benzene rings is 2. The van der Waals surface area contributed by atoms with Crippen molar-refractivity contribution in [3.8, 4) is 0 Å². The van der Waals surface area contributed by atoms with Crippen LogP contribution in [0.25, 0.3) is 11.0 Å². The summed E-state index contributed by atoms with van der Waals surface area (Å²) in [6.45, 7) is 0.439. The minimum Gasteiger partial charge on any atom is -0.378 e. The Labute approximate surface area is 132 Å². The van der Waals surface area contributed by atoms with E-state index in [1.54, 1.807) is 12.1 Å². The Morgan fingerprint density at radius 2 is 2.10 bits per heavy atom. The van der Waals surface area contributed by atoms with E-state index in [1.807, 2.05) is 12.1 Å². The lowest BCUT2D eigenvalue weighted by molar-refractivity contribution is 0.618. The summed E-state index contributed by atoms with van der Waals surface area (Å²) in [6, 6.07) is 8.52. The highest BCUT2D eigenvalue weighted by Gasteiger charge is 2.11. The number of halogens is 3. The Kier molecular flexibility index (Phi) is 3.87. The second-order valence-electron chi connectivity index (χ2n) is 4.12. The molecule has 0 saturated heterocycles. The molecule has 0 aliphatic rings. The largest absolute Gasteiger partial charge is 0.378 e. The van der Waals surface area contributed by atoms with Crippen LogP contribution in [0.3, 0.4) is 0 Å². The highest BCUT2D eigenvalue weighted by molar-refractivity contribution is 9.10. The Bertz CT molecular complexity index is 777. The first-order valence-corrected chi connectivity index (χ1v) is 7.64. The van der Waals surface area contributed by atoms with E-state index in [4.69, 9.17) is 11.6 Å². The summed E-state index contributed by atoms with van der Waals surface area (Å²) in [5.74, 6) is -0.288. The fourth-order valence-electron chi connectivity index (χ4n) is 1.86. The molecule has 0 saturated carbocycles. The monoisotopic (exact) mass is 371 g/mol. The highest BCUT2D eigenvalue weighted by atomic mass is 79.9. The predicted octanol–water partition coefficient (Wildman–Crippen LogP) is 4.86. The van der Waals surface area contributed by atoms with Gasteiger partial charge in [-0.2, -0.15) is 8.75 Å². The van der Waals surface area contributed by atoms with Crippen LogP contribution in [0.15, 0.2) is 34.8 Å². The van der Waals surface area contributed by atoms with Crippen molar-refractivity contribution in [3.63, 3.8) is 0 Å². The van der Waals surface area contributed by atoms with E-state index >= 15 is 0 Å². The van der Waals surface area contributed by atoms with E-state index in [0.717, 1.165) is 28.3 Å². The lowest BCUT2D eigenvalue weighted by Crippen LogP contribution is -2.02. The first-order valence-electron chi connectivity index (χ1n) is 5.74. The van der Waals surface area contributed by atoms with Crippen molar-refractivity contribution in [1.29, 1.82) is 0 Å². The zero-order valence-corrected chi connectivity index (χ0v) is 13.2. The van der Waals surface area contributed by atoms with Gasteiger partial charge in [0.05, 0.1) is 26.9 Å². The molecule has 102 valence electrons. The molecule has 0 spiro atoms. The maximum atomic E-state index is 13.5.